The smallest absolute Gasteiger partial charge is 0.263 e. The quantitative estimate of drug-likeness (QED) is 0.887. The molecule has 5 nitrogen and oxygen atoms in total. The van der Waals surface area contributed by atoms with Gasteiger partial charge in [-0.2, -0.15) is 0 Å². The summed E-state index contributed by atoms with van der Waals surface area (Å²) in [7, 11) is 0.170. The van der Waals surface area contributed by atoms with Crippen molar-refractivity contribution >= 4 is 32.7 Å². The van der Waals surface area contributed by atoms with E-state index < -0.39 is 10.0 Å². The molecule has 0 saturated heterocycles. The Morgan fingerprint density at radius 2 is 1.85 bits per heavy atom. The van der Waals surface area contributed by atoms with E-state index in [1.807, 2.05) is 31.1 Å². The molecule has 1 heterocycles. The van der Waals surface area contributed by atoms with Crippen molar-refractivity contribution < 1.29 is 13.5 Å². The molecule has 0 aliphatic heterocycles. The van der Waals surface area contributed by atoms with Crippen LogP contribution in [0.4, 0.5) is 11.4 Å². The van der Waals surface area contributed by atoms with Gasteiger partial charge in [0.25, 0.3) is 10.0 Å². The largest absolute Gasteiger partial charge is 0.391 e. The lowest BCUT2D eigenvalue weighted by Crippen LogP contribution is -2.14. The molecule has 2 N–H and O–H groups in total. The van der Waals surface area contributed by atoms with Gasteiger partial charge in [0.05, 0.1) is 11.5 Å². The van der Waals surface area contributed by atoms with Crippen LogP contribution < -0.4 is 9.62 Å². The number of benzene rings is 1. The Morgan fingerprint density at radius 3 is 2.40 bits per heavy atom. The minimum atomic E-state index is -3.66. The second-order valence-electron chi connectivity index (χ2n) is 4.41. The van der Waals surface area contributed by atoms with E-state index >= 15 is 0 Å². The van der Waals surface area contributed by atoms with Crippen LogP contribution in [0.3, 0.4) is 0 Å². The molecule has 0 aliphatic rings. The lowest BCUT2D eigenvalue weighted by molar-refractivity contribution is 0.282. The maximum atomic E-state index is 12.2. The van der Waals surface area contributed by atoms with Crippen LogP contribution in [0.15, 0.2) is 40.6 Å². The lowest BCUT2D eigenvalue weighted by atomic mass is 10.3. The molecule has 0 spiro atoms. The summed E-state index contributed by atoms with van der Waals surface area (Å²) in [6.45, 7) is -0.284. The van der Waals surface area contributed by atoms with Crippen molar-refractivity contribution in [3.63, 3.8) is 0 Å². The summed E-state index contributed by atoms with van der Waals surface area (Å²) < 4.78 is 27.0. The zero-order valence-corrected chi connectivity index (χ0v) is 12.8. The average Bonchev–Trinajstić information content (AvgIpc) is 2.88. The summed E-state index contributed by atoms with van der Waals surface area (Å²) in [5, 5.41) is 10.8. The van der Waals surface area contributed by atoms with E-state index in [4.69, 9.17) is 5.11 Å². The highest BCUT2D eigenvalue weighted by Crippen LogP contribution is 2.25. The Hall–Kier alpha value is -1.57. The Balaban J connectivity index is 2.24. The molecule has 0 radical (unpaired) electrons. The topological polar surface area (TPSA) is 69.6 Å². The first-order chi connectivity index (χ1) is 9.44. The number of aliphatic hydroxyl groups is 1. The van der Waals surface area contributed by atoms with Crippen molar-refractivity contribution in [3.8, 4) is 0 Å². The standard InChI is InChI=1S/C13H16N2O3S2/c1-15(2)11-5-3-10(4-6-11)14-20(17,18)13-7-8-19-12(13)9-16/h3-8,14,16H,9H2,1-2H3. The van der Waals surface area contributed by atoms with Crippen LogP contribution in [0.5, 0.6) is 0 Å². The molecule has 0 amide bonds. The molecule has 0 unspecified atom stereocenters. The van der Waals surface area contributed by atoms with Gasteiger partial charge in [-0.1, -0.05) is 0 Å². The SMILES string of the molecule is CN(C)c1ccc(NS(=O)(=O)c2ccsc2CO)cc1. The summed E-state index contributed by atoms with van der Waals surface area (Å²) in [5.74, 6) is 0. The van der Waals surface area contributed by atoms with Crippen LogP contribution in [0, 0.1) is 0 Å². The fourth-order valence-corrected chi connectivity index (χ4v) is 4.08. The van der Waals surface area contributed by atoms with Crippen LogP contribution >= 0.6 is 11.3 Å². The summed E-state index contributed by atoms with van der Waals surface area (Å²) in [5.41, 5.74) is 1.48. The summed E-state index contributed by atoms with van der Waals surface area (Å²) in [6.07, 6.45) is 0. The molecule has 2 rings (SSSR count). The summed E-state index contributed by atoms with van der Waals surface area (Å²) in [6, 6.07) is 8.57. The highest BCUT2D eigenvalue weighted by Gasteiger charge is 2.19. The van der Waals surface area contributed by atoms with E-state index in [0.717, 1.165) is 5.69 Å². The number of sulfonamides is 1. The number of nitrogens with one attached hydrogen (secondary N) is 1. The van der Waals surface area contributed by atoms with Gasteiger partial charge in [0.15, 0.2) is 0 Å². The predicted octanol–water partition coefficient (Wildman–Crippen LogP) is 2.11. The van der Waals surface area contributed by atoms with E-state index in [9.17, 15) is 8.42 Å². The van der Waals surface area contributed by atoms with Crippen molar-refractivity contribution in [3.05, 3.63) is 40.6 Å². The monoisotopic (exact) mass is 312 g/mol. The molecular formula is C13H16N2O3S2. The van der Waals surface area contributed by atoms with Crippen molar-refractivity contribution in [1.29, 1.82) is 0 Å². The lowest BCUT2D eigenvalue weighted by Gasteiger charge is -2.13. The first-order valence-corrected chi connectivity index (χ1v) is 8.28. The number of thiophene rings is 1. The number of anilines is 2. The molecule has 0 fully saturated rings. The van der Waals surface area contributed by atoms with Gasteiger partial charge >= 0.3 is 0 Å². The van der Waals surface area contributed by atoms with Gasteiger partial charge in [-0.25, -0.2) is 8.42 Å². The van der Waals surface area contributed by atoms with Crippen molar-refractivity contribution in [2.75, 3.05) is 23.7 Å². The van der Waals surface area contributed by atoms with E-state index in [1.165, 1.54) is 17.4 Å². The van der Waals surface area contributed by atoms with Crippen molar-refractivity contribution in [1.82, 2.24) is 0 Å². The maximum absolute atomic E-state index is 12.2. The molecule has 20 heavy (non-hydrogen) atoms. The Labute approximate surface area is 122 Å². The molecule has 108 valence electrons. The van der Waals surface area contributed by atoms with Crippen LogP contribution in [-0.2, 0) is 16.6 Å². The number of hydrogen-bond acceptors (Lipinski definition) is 5. The second kappa shape index (κ2) is 5.82. The highest BCUT2D eigenvalue weighted by molar-refractivity contribution is 7.93. The number of aliphatic hydroxyl groups excluding tert-OH is 1. The van der Waals surface area contributed by atoms with Gasteiger partial charge in [0, 0.05) is 25.5 Å². The Morgan fingerprint density at radius 1 is 1.20 bits per heavy atom. The third kappa shape index (κ3) is 3.12. The zero-order valence-electron chi connectivity index (χ0n) is 11.2. The van der Waals surface area contributed by atoms with Crippen LogP contribution in [0.2, 0.25) is 0 Å². The molecule has 0 atom stereocenters. The minimum Gasteiger partial charge on any atom is -0.391 e. The third-order valence-electron chi connectivity index (χ3n) is 2.77. The van der Waals surface area contributed by atoms with E-state index in [2.05, 4.69) is 4.72 Å². The fraction of sp³-hybridized carbons (Fsp3) is 0.231. The Bertz CT molecular complexity index is 676. The molecule has 1 aromatic heterocycles. The zero-order chi connectivity index (χ0) is 14.8. The molecule has 2 aromatic rings. The van der Waals surface area contributed by atoms with Crippen LogP contribution in [-0.4, -0.2) is 27.6 Å². The number of nitrogens with zero attached hydrogens (tertiary/aromatic N) is 1. The number of hydrogen-bond donors (Lipinski definition) is 2. The van der Waals surface area contributed by atoms with Gasteiger partial charge in [-0.05, 0) is 35.7 Å². The maximum Gasteiger partial charge on any atom is 0.263 e. The van der Waals surface area contributed by atoms with E-state index in [1.54, 1.807) is 17.5 Å². The van der Waals surface area contributed by atoms with Crippen molar-refractivity contribution in [2.24, 2.45) is 0 Å². The fourth-order valence-electron chi connectivity index (χ4n) is 1.72. The molecule has 0 aliphatic carbocycles. The summed E-state index contributed by atoms with van der Waals surface area (Å²) >= 11 is 1.22. The van der Waals surface area contributed by atoms with Crippen molar-refractivity contribution in [2.45, 2.75) is 11.5 Å². The Kier molecular flexibility index (Phi) is 4.32. The van der Waals surface area contributed by atoms with E-state index in [0.29, 0.717) is 10.6 Å². The van der Waals surface area contributed by atoms with Gasteiger partial charge in [-0.3, -0.25) is 4.72 Å². The molecule has 0 saturated carbocycles. The minimum absolute atomic E-state index is 0.127. The van der Waals surface area contributed by atoms with Gasteiger partial charge < -0.3 is 10.0 Å². The third-order valence-corrected chi connectivity index (χ3v) is 5.27. The second-order valence-corrected chi connectivity index (χ2v) is 7.06. The first-order valence-electron chi connectivity index (χ1n) is 5.91. The van der Waals surface area contributed by atoms with Crippen LogP contribution in [0.1, 0.15) is 4.88 Å². The average molecular weight is 312 g/mol. The highest BCUT2D eigenvalue weighted by atomic mass is 32.2. The van der Waals surface area contributed by atoms with Gasteiger partial charge in [0.2, 0.25) is 0 Å². The van der Waals surface area contributed by atoms with Gasteiger partial charge in [0.1, 0.15) is 4.90 Å². The predicted molar refractivity (Wildman–Crippen MR) is 81.8 cm³/mol. The first kappa shape index (κ1) is 14.8. The molecular weight excluding hydrogens is 296 g/mol. The molecule has 0 bridgehead atoms. The summed E-state index contributed by atoms with van der Waals surface area (Å²) in [4.78, 5) is 2.49. The molecule has 7 heteroatoms. The van der Waals surface area contributed by atoms with Crippen LogP contribution in [0.25, 0.3) is 0 Å². The normalized spacial score (nSPS) is 11.3. The van der Waals surface area contributed by atoms with Gasteiger partial charge in [-0.15, -0.1) is 11.3 Å². The number of rotatable bonds is 5. The molecule has 1 aromatic carbocycles. The van der Waals surface area contributed by atoms with E-state index in [-0.39, 0.29) is 11.5 Å².